The van der Waals surface area contributed by atoms with Crippen LogP contribution in [0.4, 0.5) is 0 Å². The highest BCUT2D eigenvalue weighted by Gasteiger charge is 2.38. The van der Waals surface area contributed by atoms with Crippen LogP contribution in [0.15, 0.2) is 18.3 Å². The monoisotopic (exact) mass is 373 g/mol. The maximum Gasteiger partial charge on any atom is 0.232 e. The Bertz CT molecular complexity index is 713. The Kier molecular flexibility index (Phi) is 4.98. The lowest BCUT2D eigenvalue weighted by Crippen LogP contribution is -2.58. The van der Waals surface area contributed by atoms with E-state index in [2.05, 4.69) is 4.98 Å². The number of carbonyl (C=O) groups excluding carboxylic acids is 1. The lowest BCUT2D eigenvalue weighted by atomic mass is 9.95. The Morgan fingerprint density at radius 2 is 2.00 bits per heavy atom. The minimum Gasteiger partial charge on any atom is -0.470 e. The number of halogens is 1. The molecule has 1 aromatic rings. The predicted molar refractivity (Wildman–Crippen MR) is 89.4 cm³/mol. The van der Waals surface area contributed by atoms with Crippen LogP contribution in [0.1, 0.15) is 12.8 Å². The molecule has 0 saturated carbocycles. The number of sulfonamides is 1. The number of hydrogen-bond acceptors (Lipinski definition) is 5. The minimum atomic E-state index is -3.17. The van der Waals surface area contributed by atoms with Gasteiger partial charge in [-0.05, 0) is 25.0 Å². The molecule has 0 aromatic carbocycles. The Balaban J connectivity index is 1.47. The summed E-state index contributed by atoms with van der Waals surface area (Å²) in [5.41, 5.74) is 0. The van der Waals surface area contributed by atoms with Crippen molar-refractivity contribution in [2.75, 3.05) is 32.4 Å². The van der Waals surface area contributed by atoms with E-state index in [0.29, 0.717) is 49.9 Å². The van der Waals surface area contributed by atoms with Crippen LogP contribution in [0.25, 0.3) is 0 Å². The average molecular weight is 374 g/mol. The first kappa shape index (κ1) is 17.4. The van der Waals surface area contributed by atoms with E-state index >= 15 is 0 Å². The summed E-state index contributed by atoms with van der Waals surface area (Å²) >= 11 is 6.00. The zero-order valence-electron chi connectivity index (χ0n) is 13.4. The van der Waals surface area contributed by atoms with Gasteiger partial charge in [0, 0.05) is 25.2 Å². The molecule has 0 N–H and O–H groups in total. The van der Waals surface area contributed by atoms with Crippen LogP contribution in [-0.2, 0) is 14.8 Å². The molecule has 0 radical (unpaired) electrons. The van der Waals surface area contributed by atoms with Crippen molar-refractivity contribution >= 4 is 27.5 Å². The third kappa shape index (κ3) is 3.81. The highest BCUT2D eigenvalue weighted by molar-refractivity contribution is 7.88. The average Bonchev–Trinajstić information content (AvgIpc) is 2.51. The standard InChI is InChI=1S/C15H20ClN3O4S/c1-24(21,22)19-7-4-11(5-8-19)15(20)18-9-12(10-18)23-14-13(16)3-2-6-17-14/h2-3,6,11-12H,4-5,7-10H2,1H3. The molecular weight excluding hydrogens is 354 g/mol. The van der Waals surface area contributed by atoms with E-state index in [4.69, 9.17) is 16.3 Å². The summed E-state index contributed by atoms with van der Waals surface area (Å²) < 4.78 is 30.1. The molecule has 0 atom stereocenters. The molecule has 1 aromatic heterocycles. The highest BCUT2D eigenvalue weighted by Crippen LogP contribution is 2.27. The third-order valence-electron chi connectivity index (χ3n) is 4.43. The zero-order chi connectivity index (χ0) is 17.3. The van der Waals surface area contributed by atoms with Gasteiger partial charge in [0.2, 0.25) is 21.8 Å². The van der Waals surface area contributed by atoms with Gasteiger partial charge in [0.1, 0.15) is 11.1 Å². The van der Waals surface area contributed by atoms with Crippen LogP contribution in [0.5, 0.6) is 5.88 Å². The van der Waals surface area contributed by atoms with Crippen molar-refractivity contribution in [1.29, 1.82) is 0 Å². The van der Waals surface area contributed by atoms with E-state index in [0.717, 1.165) is 0 Å². The molecule has 132 valence electrons. The van der Waals surface area contributed by atoms with Gasteiger partial charge in [-0.3, -0.25) is 4.79 Å². The van der Waals surface area contributed by atoms with Crippen molar-refractivity contribution < 1.29 is 17.9 Å². The number of piperidine rings is 1. The summed E-state index contributed by atoms with van der Waals surface area (Å²) in [6.07, 6.45) is 3.85. The molecule has 1 amide bonds. The van der Waals surface area contributed by atoms with E-state index in [1.54, 1.807) is 23.2 Å². The molecule has 2 aliphatic rings. The van der Waals surface area contributed by atoms with Crippen molar-refractivity contribution in [1.82, 2.24) is 14.2 Å². The van der Waals surface area contributed by atoms with Gasteiger partial charge in [-0.1, -0.05) is 11.6 Å². The number of hydrogen-bond donors (Lipinski definition) is 0. The predicted octanol–water partition coefficient (Wildman–Crippen LogP) is 0.996. The summed E-state index contributed by atoms with van der Waals surface area (Å²) in [6, 6.07) is 3.44. The summed E-state index contributed by atoms with van der Waals surface area (Å²) in [5, 5.41) is 0.454. The smallest absolute Gasteiger partial charge is 0.232 e. The van der Waals surface area contributed by atoms with E-state index in [1.807, 2.05) is 0 Å². The molecule has 0 bridgehead atoms. The Morgan fingerprint density at radius 3 is 2.58 bits per heavy atom. The fourth-order valence-corrected chi connectivity index (χ4v) is 4.04. The van der Waals surface area contributed by atoms with Gasteiger partial charge in [0.25, 0.3) is 0 Å². The first-order valence-electron chi connectivity index (χ1n) is 7.85. The lowest BCUT2D eigenvalue weighted by Gasteiger charge is -2.41. The molecule has 3 rings (SSSR count). The largest absolute Gasteiger partial charge is 0.470 e. The fraction of sp³-hybridized carbons (Fsp3) is 0.600. The van der Waals surface area contributed by atoms with E-state index in [1.165, 1.54) is 10.6 Å². The molecule has 0 unspecified atom stereocenters. The van der Waals surface area contributed by atoms with Gasteiger partial charge in [0.15, 0.2) is 0 Å². The Hall–Kier alpha value is -1.38. The number of pyridine rings is 1. The molecular formula is C15H20ClN3O4S. The van der Waals surface area contributed by atoms with Crippen LogP contribution < -0.4 is 4.74 Å². The minimum absolute atomic E-state index is 0.0788. The first-order chi connectivity index (χ1) is 11.3. The Morgan fingerprint density at radius 1 is 1.33 bits per heavy atom. The topological polar surface area (TPSA) is 79.8 Å². The van der Waals surface area contributed by atoms with Crippen molar-refractivity contribution in [3.63, 3.8) is 0 Å². The van der Waals surface area contributed by atoms with Gasteiger partial charge in [0.05, 0.1) is 19.3 Å². The maximum atomic E-state index is 12.5. The second-order valence-electron chi connectivity index (χ2n) is 6.21. The van der Waals surface area contributed by atoms with Crippen LogP contribution in [0, 0.1) is 5.92 Å². The third-order valence-corrected chi connectivity index (χ3v) is 6.03. The zero-order valence-corrected chi connectivity index (χ0v) is 15.0. The number of rotatable bonds is 4. The molecule has 0 aliphatic carbocycles. The summed E-state index contributed by atoms with van der Waals surface area (Å²) in [6.45, 7) is 1.84. The molecule has 24 heavy (non-hydrogen) atoms. The second-order valence-corrected chi connectivity index (χ2v) is 8.60. The van der Waals surface area contributed by atoms with Gasteiger partial charge < -0.3 is 9.64 Å². The highest BCUT2D eigenvalue weighted by atomic mass is 35.5. The molecule has 2 aliphatic heterocycles. The molecule has 7 nitrogen and oxygen atoms in total. The molecule has 2 fully saturated rings. The van der Waals surface area contributed by atoms with E-state index < -0.39 is 10.0 Å². The van der Waals surface area contributed by atoms with Crippen molar-refractivity contribution in [2.45, 2.75) is 18.9 Å². The van der Waals surface area contributed by atoms with Crippen molar-refractivity contribution in [3.8, 4) is 5.88 Å². The number of carbonyl (C=O) groups is 1. The SMILES string of the molecule is CS(=O)(=O)N1CCC(C(=O)N2CC(Oc3ncccc3Cl)C2)CC1. The number of nitrogens with zero attached hydrogens (tertiary/aromatic N) is 3. The van der Waals surface area contributed by atoms with Crippen LogP contribution >= 0.6 is 11.6 Å². The molecule has 9 heteroatoms. The lowest BCUT2D eigenvalue weighted by molar-refractivity contribution is -0.145. The van der Waals surface area contributed by atoms with Crippen molar-refractivity contribution in [3.05, 3.63) is 23.4 Å². The van der Waals surface area contributed by atoms with E-state index in [9.17, 15) is 13.2 Å². The Labute approximate surface area is 146 Å². The van der Waals surface area contributed by atoms with Crippen LogP contribution in [0.2, 0.25) is 5.02 Å². The first-order valence-corrected chi connectivity index (χ1v) is 10.1. The van der Waals surface area contributed by atoms with Crippen LogP contribution in [-0.4, -0.2) is 67.1 Å². The molecule has 0 spiro atoms. The number of amides is 1. The quantitative estimate of drug-likeness (QED) is 0.786. The molecule has 2 saturated heterocycles. The number of likely N-dealkylation sites (tertiary alicyclic amines) is 1. The van der Waals surface area contributed by atoms with E-state index in [-0.39, 0.29) is 17.9 Å². The fourth-order valence-electron chi connectivity index (χ4n) is 3.00. The summed E-state index contributed by atoms with van der Waals surface area (Å²) in [4.78, 5) is 18.3. The van der Waals surface area contributed by atoms with Gasteiger partial charge >= 0.3 is 0 Å². The maximum absolute atomic E-state index is 12.5. The van der Waals surface area contributed by atoms with Gasteiger partial charge in [-0.2, -0.15) is 0 Å². The van der Waals surface area contributed by atoms with Gasteiger partial charge in [-0.15, -0.1) is 0 Å². The summed E-state index contributed by atoms with van der Waals surface area (Å²) in [5.74, 6) is 0.357. The van der Waals surface area contributed by atoms with Crippen LogP contribution in [0.3, 0.4) is 0 Å². The number of aromatic nitrogens is 1. The second kappa shape index (κ2) is 6.85. The molecule has 3 heterocycles. The van der Waals surface area contributed by atoms with Crippen molar-refractivity contribution in [2.24, 2.45) is 5.92 Å². The number of ether oxygens (including phenoxy) is 1. The normalized spacial score (nSPS) is 20.7. The van der Waals surface area contributed by atoms with Gasteiger partial charge in [-0.25, -0.2) is 17.7 Å². The summed E-state index contributed by atoms with van der Waals surface area (Å²) in [7, 11) is -3.17.